The zero-order valence-electron chi connectivity index (χ0n) is 9.04. The van der Waals surface area contributed by atoms with Gasteiger partial charge in [0.15, 0.2) is 0 Å². The van der Waals surface area contributed by atoms with Gasteiger partial charge in [0.05, 0.1) is 18.5 Å². The maximum atomic E-state index is 13.1. The highest BCUT2D eigenvalue weighted by Crippen LogP contribution is 2.24. The van der Waals surface area contributed by atoms with Gasteiger partial charge in [-0.15, -0.1) is 0 Å². The highest BCUT2D eigenvalue weighted by atomic mass is 19.1. The molecule has 18 heavy (non-hydrogen) atoms. The smallest absolute Gasteiger partial charge is 0.330 e. The minimum absolute atomic E-state index is 0.00706. The topological polar surface area (TPSA) is 117 Å². The average Bonchev–Trinajstić information content (AvgIpc) is 2.76. The number of oxime groups is 1. The van der Waals surface area contributed by atoms with E-state index in [1.807, 2.05) is 0 Å². The number of H-pyrrole nitrogens is 1. The van der Waals surface area contributed by atoms with Gasteiger partial charge in [-0.2, -0.15) is 4.39 Å². The lowest BCUT2D eigenvalue weighted by atomic mass is 10.2. The fourth-order valence-electron chi connectivity index (χ4n) is 1.72. The molecule has 1 aromatic heterocycles. The van der Waals surface area contributed by atoms with Crippen LogP contribution in [0.5, 0.6) is 0 Å². The molecule has 0 unspecified atom stereocenters. The van der Waals surface area contributed by atoms with Gasteiger partial charge in [0.25, 0.3) is 5.56 Å². The molecule has 2 heterocycles. The molecule has 0 radical (unpaired) electrons. The van der Waals surface area contributed by atoms with E-state index in [9.17, 15) is 14.0 Å². The summed E-state index contributed by atoms with van der Waals surface area (Å²) in [5, 5.41) is 20.6. The van der Waals surface area contributed by atoms with Crippen molar-refractivity contribution in [3.05, 3.63) is 32.9 Å². The number of aromatic amines is 1. The molecule has 1 aliphatic heterocycles. The van der Waals surface area contributed by atoms with Crippen molar-refractivity contribution in [2.75, 3.05) is 6.61 Å². The lowest BCUT2D eigenvalue weighted by Crippen LogP contribution is -2.34. The first-order valence-corrected chi connectivity index (χ1v) is 5.05. The van der Waals surface area contributed by atoms with Gasteiger partial charge in [-0.25, -0.2) is 4.79 Å². The van der Waals surface area contributed by atoms with Crippen LogP contribution in [-0.4, -0.2) is 38.3 Å². The minimum atomic E-state index is -1.13. The number of ether oxygens (including phenoxy) is 1. The van der Waals surface area contributed by atoms with Gasteiger partial charge in [-0.1, -0.05) is 5.16 Å². The first kappa shape index (κ1) is 12.5. The molecular formula is C9H10FN3O5. The Morgan fingerprint density at radius 1 is 1.61 bits per heavy atom. The number of halogens is 1. The molecule has 1 fully saturated rings. The predicted molar refractivity (Wildman–Crippen MR) is 56.1 cm³/mol. The Kier molecular flexibility index (Phi) is 3.26. The Hall–Kier alpha value is -2.00. The number of hydrogen-bond donors (Lipinski definition) is 3. The van der Waals surface area contributed by atoms with E-state index in [4.69, 9.17) is 15.1 Å². The maximum Gasteiger partial charge on any atom is 0.330 e. The standard InChI is InChI=1S/C9H10FN3O5/c10-4-2-13(9(16)11-8(4)15)7-1-5(12-17)6(3-14)18-7/h2,6-7,14,17H,1,3H2,(H,11,15,16)/b12-5-/t6-,7-/m1/s1. The van der Waals surface area contributed by atoms with Gasteiger partial charge in [0, 0.05) is 6.42 Å². The summed E-state index contributed by atoms with van der Waals surface area (Å²) in [7, 11) is 0. The zero-order valence-corrected chi connectivity index (χ0v) is 9.04. The van der Waals surface area contributed by atoms with E-state index in [2.05, 4.69) is 5.16 Å². The van der Waals surface area contributed by atoms with Crippen molar-refractivity contribution in [3.63, 3.8) is 0 Å². The summed E-state index contributed by atoms with van der Waals surface area (Å²) in [5.41, 5.74) is -1.83. The number of aliphatic hydroxyl groups is 1. The minimum Gasteiger partial charge on any atom is -0.411 e. The van der Waals surface area contributed by atoms with Crippen LogP contribution in [0.15, 0.2) is 20.9 Å². The Labute approximate surface area is 98.9 Å². The first-order chi connectivity index (χ1) is 8.56. The third-order valence-corrected chi connectivity index (χ3v) is 2.61. The molecule has 98 valence electrons. The summed E-state index contributed by atoms with van der Waals surface area (Å²) in [6, 6.07) is 0. The summed E-state index contributed by atoms with van der Waals surface area (Å²) < 4.78 is 19.1. The van der Waals surface area contributed by atoms with E-state index in [-0.39, 0.29) is 12.1 Å². The predicted octanol–water partition coefficient (Wildman–Crippen LogP) is -1.21. The molecule has 0 saturated carbocycles. The first-order valence-electron chi connectivity index (χ1n) is 5.05. The van der Waals surface area contributed by atoms with Crippen LogP contribution in [0.1, 0.15) is 12.6 Å². The lowest BCUT2D eigenvalue weighted by molar-refractivity contribution is -0.0157. The quantitative estimate of drug-likeness (QED) is 0.455. The second-order valence-electron chi connectivity index (χ2n) is 3.70. The average molecular weight is 259 g/mol. The van der Waals surface area contributed by atoms with Gasteiger partial charge < -0.3 is 15.1 Å². The highest BCUT2D eigenvalue weighted by Gasteiger charge is 2.33. The monoisotopic (exact) mass is 259 g/mol. The number of hydrogen-bond acceptors (Lipinski definition) is 6. The third-order valence-electron chi connectivity index (χ3n) is 2.61. The summed E-state index contributed by atoms with van der Waals surface area (Å²) in [6.07, 6.45) is -1.08. The molecule has 1 saturated heterocycles. The van der Waals surface area contributed by atoms with Crippen molar-refractivity contribution in [1.29, 1.82) is 0 Å². The summed E-state index contributed by atoms with van der Waals surface area (Å²) in [6.45, 7) is -0.434. The molecule has 1 aromatic rings. The highest BCUT2D eigenvalue weighted by molar-refractivity contribution is 5.90. The molecule has 2 rings (SSSR count). The van der Waals surface area contributed by atoms with Gasteiger partial charge in [-0.3, -0.25) is 14.3 Å². The van der Waals surface area contributed by atoms with Crippen LogP contribution in [0.3, 0.4) is 0 Å². The van der Waals surface area contributed by atoms with E-state index < -0.39 is 36.0 Å². The van der Waals surface area contributed by atoms with Gasteiger partial charge >= 0.3 is 5.69 Å². The third kappa shape index (κ3) is 2.05. The Bertz CT molecular complexity index is 593. The molecule has 0 aliphatic carbocycles. The Morgan fingerprint density at radius 2 is 2.33 bits per heavy atom. The summed E-state index contributed by atoms with van der Waals surface area (Å²) in [4.78, 5) is 24.1. The molecular weight excluding hydrogens is 249 g/mol. The van der Waals surface area contributed by atoms with Crippen molar-refractivity contribution in [2.24, 2.45) is 5.16 Å². The Balaban J connectivity index is 2.38. The molecule has 8 nitrogen and oxygen atoms in total. The van der Waals surface area contributed by atoms with E-state index in [0.717, 1.165) is 4.57 Å². The molecule has 1 aliphatic rings. The normalized spacial score (nSPS) is 25.8. The lowest BCUT2D eigenvalue weighted by Gasteiger charge is -2.13. The maximum absolute atomic E-state index is 13.1. The SMILES string of the molecule is O=c1[nH]c(=O)n([C@H]2C/C(=N/O)[C@@H](CO)O2)cc1F. The van der Waals surface area contributed by atoms with Crippen molar-refractivity contribution < 1.29 is 19.4 Å². The van der Waals surface area contributed by atoms with Gasteiger partial charge in [0.2, 0.25) is 5.82 Å². The second kappa shape index (κ2) is 4.70. The van der Waals surface area contributed by atoms with E-state index in [1.165, 1.54) is 0 Å². The van der Waals surface area contributed by atoms with Crippen LogP contribution in [-0.2, 0) is 4.74 Å². The van der Waals surface area contributed by atoms with Crippen LogP contribution in [0.25, 0.3) is 0 Å². The van der Waals surface area contributed by atoms with Crippen LogP contribution in [0, 0.1) is 5.82 Å². The van der Waals surface area contributed by atoms with Gasteiger partial charge in [0.1, 0.15) is 12.3 Å². The number of rotatable bonds is 2. The van der Waals surface area contributed by atoms with E-state index >= 15 is 0 Å². The summed E-state index contributed by atoms with van der Waals surface area (Å²) in [5.74, 6) is -1.13. The summed E-state index contributed by atoms with van der Waals surface area (Å²) >= 11 is 0. The number of aromatic nitrogens is 2. The van der Waals surface area contributed by atoms with Crippen molar-refractivity contribution in [2.45, 2.75) is 18.8 Å². The van der Waals surface area contributed by atoms with Crippen LogP contribution < -0.4 is 11.2 Å². The molecule has 0 bridgehead atoms. The zero-order chi connectivity index (χ0) is 13.3. The molecule has 0 amide bonds. The number of nitrogens with one attached hydrogen (secondary N) is 1. The van der Waals surface area contributed by atoms with E-state index in [1.54, 1.807) is 4.98 Å². The second-order valence-corrected chi connectivity index (χ2v) is 3.70. The Morgan fingerprint density at radius 3 is 2.89 bits per heavy atom. The van der Waals surface area contributed by atoms with Crippen molar-refractivity contribution in [1.82, 2.24) is 9.55 Å². The fraction of sp³-hybridized carbons (Fsp3) is 0.444. The molecule has 2 atom stereocenters. The fourth-order valence-corrected chi connectivity index (χ4v) is 1.72. The number of nitrogens with zero attached hydrogens (tertiary/aromatic N) is 2. The largest absolute Gasteiger partial charge is 0.411 e. The van der Waals surface area contributed by atoms with Crippen molar-refractivity contribution in [3.8, 4) is 0 Å². The molecule has 0 aromatic carbocycles. The van der Waals surface area contributed by atoms with Crippen LogP contribution >= 0.6 is 0 Å². The molecule has 3 N–H and O–H groups in total. The van der Waals surface area contributed by atoms with Crippen molar-refractivity contribution >= 4 is 5.71 Å². The number of aliphatic hydroxyl groups excluding tert-OH is 1. The van der Waals surface area contributed by atoms with Gasteiger partial charge in [-0.05, 0) is 0 Å². The van der Waals surface area contributed by atoms with Crippen LogP contribution in [0.4, 0.5) is 4.39 Å². The molecule has 0 spiro atoms. The van der Waals surface area contributed by atoms with E-state index in [0.29, 0.717) is 6.20 Å². The van der Waals surface area contributed by atoms with Crippen LogP contribution in [0.2, 0.25) is 0 Å². The molecule has 9 heteroatoms.